The monoisotopic (exact) mass is 269 g/mol. The maximum Gasteiger partial charge on any atom is 0.142 e. The zero-order valence-corrected chi connectivity index (χ0v) is 13.0. The minimum Gasteiger partial charge on any atom is -0.495 e. The first-order chi connectivity index (χ1) is 9.51. The average molecular weight is 269 g/mol. The molecule has 2 nitrogen and oxygen atoms in total. The summed E-state index contributed by atoms with van der Waals surface area (Å²) in [6.45, 7) is 9.37. The first kappa shape index (κ1) is 14.4. The maximum atomic E-state index is 5.43. The lowest BCUT2D eigenvalue weighted by atomic mass is 10.00. The van der Waals surface area contributed by atoms with Gasteiger partial charge in [0, 0.05) is 6.54 Å². The van der Waals surface area contributed by atoms with Crippen molar-refractivity contribution in [3.05, 3.63) is 58.1 Å². The van der Waals surface area contributed by atoms with Crippen LogP contribution in [0.5, 0.6) is 5.75 Å². The largest absolute Gasteiger partial charge is 0.495 e. The van der Waals surface area contributed by atoms with Crippen LogP contribution in [0.25, 0.3) is 0 Å². The van der Waals surface area contributed by atoms with Crippen LogP contribution in [0.4, 0.5) is 5.69 Å². The fourth-order valence-corrected chi connectivity index (χ4v) is 2.62. The second kappa shape index (κ2) is 6.00. The summed E-state index contributed by atoms with van der Waals surface area (Å²) in [6, 6.07) is 10.7. The molecule has 2 aromatic rings. The smallest absolute Gasteiger partial charge is 0.142 e. The number of methoxy groups -OCH3 is 1. The van der Waals surface area contributed by atoms with Crippen molar-refractivity contribution in [1.82, 2.24) is 0 Å². The van der Waals surface area contributed by atoms with Crippen molar-refractivity contribution in [3.8, 4) is 5.75 Å². The van der Waals surface area contributed by atoms with E-state index in [9.17, 15) is 0 Å². The Morgan fingerprint density at radius 1 is 0.900 bits per heavy atom. The summed E-state index contributed by atoms with van der Waals surface area (Å²) in [5.74, 6) is 0.896. The van der Waals surface area contributed by atoms with Gasteiger partial charge in [0.1, 0.15) is 5.75 Å². The van der Waals surface area contributed by atoms with E-state index in [-0.39, 0.29) is 0 Å². The van der Waals surface area contributed by atoms with Crippen molar-refractivity contribution in [2.75, 3.05) is 12.4 Å². The summed E-state index contributed by atoms with van der Waals surface area (Å²) in [4.78, 5) is 0. The summed E-state index contributed by atoms with van der Waals surface area (Å²) in [6.07, 6.45) is 0. The van der Waals surface area contributed by atoms with Gasteiger partial charge in [0.2, 0.25) is 0 Å². The highest BCUT2D eigenvalue weighted by Gasteiger charge is 2.06. The molecule has 0 aromatic heterocycles. The molecule has 0 aliphatic rings. The number of ether oxygens (including phenoxy) is 1. The molecular weight excluding hydrogens is 246 g/mol. The third-order valence-corrected chi connectivity index (χ3v) is 3.65. The summed E-state index contributed by atoms with van der Waals surface area (Å²) in [7, 11) is 1.71. The van der Waals surface area contributed by atoms with Gasteiger partial charge >= 0.3 is 0 Å². The van der Waals surface area contributed by atoms with E-state index in [0.717, 1.165) is 18.0 Å². The quantitative estimate of drug-likeness (QED) is 0.879. The third-order valence-electron chi connectivity index (χ3n) is 3.65. The van der Waals surface area contributed by atoms with Crippen molar-refractivity contribution in [1.29, 1.82) is 0 Å². The Bertz CT molecular complexity index is 594. The van der Waals surface area contributed by atoms with Gasteiger partial charge in [0.05, 0.1) is 12.8 Å². The van der Waals surface area contributed by atoms with E-state index in [1.807, 2.05) is 0 Å². The van der Waals surface area contributed by atoms with Gasteiger partial charge in [-0.2, -0.15) is 0 Å². The molecular formula is C18H23NO. The molecule has 0 radical (unpaired) electrons. The summed E-state index contributed by atoms with van der Waals surface area (Å²) < 4.78 is 5.43. The molecule has 0 bridgehead atoms. The number of hydrogen-bond acceptors (Lipinski definition) is 2. The van der Waals surface area contributed by atoms with Crippen LogP contribution in [-0.4, -0.2) is 7.11 Å². The van der Waals surface area contributed by atoms with E-state index in [4.69, 9.17) is 4.74 Å². The Labute approximate surface area is 121 Å². The molecule has 106 valence electrons. The number of rotatable bonds is 4. The SMILES string of the molecule is COc1cc(C)ccc1NCc1c(C)cc(C)cc1C. The first-order valence-electron chi connectivity index (χ1n) is 6.96. The molecule has 0 amide bonds. The van der Waals surface area contributed by atoms with Crippen molar-refractivity contribution in [2.24, 2.45) is 0 Å². The molecule has 0 heterocycles. The third kappa shape index (κ3) is 3.13. The fraction of sp³-hybridized carbons (Fsp3) is 0.333. The molecule has 2 rings (SSSR count). The molecule has 0 unspecified atom stereocenters. The van der Waals surface area contributed by atoms with Crippen molar-refractivity contribution >= 4 is 5.69 Å². The van der Waals surface area contributed by atoms with Gasteiger partial charge in [-0.05, 0) is 62.1 Å². The fourth-order valence-electron chi connectivity index (χ4n) is 2.62. The lowest BCUT2D eigenvalue weighted by molar-refractivity contribution is 0.416. The average Bonchev–Trinajstić information content (AvgIpc) is 2.38. The number of nitrogens with one attached hydrogen (secondary N) is 1. The van der Waals surface area contributed by atoms with Crippen molar-refractivity contribution < 1.29 is 4.74 Å². The van der Waals surface area contributed by atoms with Gasteiger partial charge in [-0.15, -0.1) is 0 Å². The highest BCUT2D eigenvalue weighted by molar-refractivity contribution is 5.58. The predicted octanol–water partition coefficient (Wildman–Crippen LogP) is 4.54. The molecule has 0 fully saturated rings. The second-order valence-electron chi connectivity index (χ2n) is 5.43. The Morgan fingerprint density at radius 2 is 1.55 bits per heavy atom. The van der Waals surface area contributed by atoms with Crippen LogP contribution in [0, 0.1) is 27.7 Å². The Balaban J connectivity index is 2.21. The van der Waals surface area contributed by atoms with Gasteiger partial charge in [-0.1, -0.05) is 23.8 Å². The highest BCUT2D eigenvalue weighted by atomic mass is 16.5. The van der Waals surface area contributed by atoms with Crippen molar-refractivity contribution in [2.45, 2.75) is 34.2 Å². The van der Waals surface area contributed by atoms with Crippen LogP contribution >= 0.6 is 0 Å². The molecule has 0 aliphatic heterocycles. The number of anilines is 1. The standard InChI is InChI=1S/C18H23NO/c1-12-6-7-17(18(10-12)20-5)19-11-16-14(3)8-13(2)9-15(16)4/h6-10,19H,11H2,1-5H3. The first-order valence-corrected chi connectivity index (χ1v) is 6.96. The van der Waals surface area contributed by atoms with Gasteiger partial charge in [0.25, 0.3) is 0 Å². The topological polar surface area (TPSA) is 21.3 Å². The molecule has 2 heteroatoms. The molecule has 0 atom stereocenters. The van der Waals surface area contributed by atoms with E-state index < -0.39 is 0 Å². The van der Waals surface area contributed by atoms with E-state index in [1.165, 1.54) is 27.8 Å². The predicted molar refractivity (Wildman–Crippen MR) is 85.7 cm³/mol. The Kier molecular flexibility index (Phi) is 4.33. The van der Waals surface area contributed by atoms with E-state index >= 15 is 0 Å². The highest BCUT2D eigenvalue weighted by Crippen LogP contribution is 2.26. The molecule has 20 heavy (non-hydrogen) atoms. The summed E-state index contributed by atoms with van der Waals surface area (Å²) in [5, 5.41) is 3.48. The van der Waals surface area contributed by atoms with Crippen LogP contribution in [-0.2, 0) is 6.54 Å². The van der Waals surface area contributed by atoms with Crippen LogP contribution in [0.15, 0.2) is 30.3 Å². The minimum absolute atomic E-state index is 0.817. The zero-order valence-electron chi connectivity index (χ0n) is 13.0. The minimum atomic E-state index is 0.817. The number of hydrogen-bond donors (Lipinski definition) is 1. The van der Waals surface area contributed by atoms with Crippen LogP contribution < -0.4 is 10.1 Å². The van der Waals surface area contributed by atoms with Gasteiger partial charge in [-0.3, -0.25) is 0 Å². The second-order valence-corrected chi connectivity index (χ2v) is 5.43. The Hall–Kier alpha value is -1.96. The van der Waals surface area contributed by atoms with E-state index in [0.29, 0.717) is 0 Å². The zero-order chi connectivity index (χ0) is 14.7. The van der Waals surface area contributed by atoms with Gasteiger partial charge in [0.15, 0.2) is 0 Å². The molecule has 0 saturated heterocycles. The molecule has 2 aromatic carbocycles. The lowest BCUT2D eigenvalue weighted by Crippen LogP contribution is -2.05. The summed E-state index contributed by atoms with van der Waals surface area (Å²) in [5.41, 5.74) is 7.59. The normalized spacial score (nSPS) is 10.4. The van der Waals surface area contributed by atoms with E-state index in [2.05, 4.69) is 63.3 Å². The Morgan fingerprint density at radius 3 is 2.15 bits per heavy atom. The summed E-state index contributed by atoms with van der Waals surface area (Å²) >= 11 is 0. The molecule has 0 saturated carbocycles. The maximum absolute atomic E-state index is 5.43. The number of benzene rings is 2. The van der Waals surface area contributed by atoms with Gasteiger partial charge in [-0.25, -0.2) is 0 Å². The van der Waals surface area contributed by atoms with Crippen LogP contribution in [0.2, 0.25) is 0 Å². The molecule has 1 N–H and O–H groups in total. The van der Waals surface area contributed by atoms with Crippen molar-refractivity contribution in [3.63, 3.8) is 0 Å². The number of aryl methyl sites for hydroxylation is 4. The lowest BCUT2D eigenvalue weighted by Gasteiger charge is -2.15. The molecule has 0 aliphatic carbocycles. The van der Waals surface area contributed by atoms with Gasteiger partial charge < -0.3 is 10.1 Å². The van der Waals surface area contributed by atoms with Crippen LogP contribution in [0.1, 0.15) is 27.8 Å². The van der Waals surface area contributed by atoms with E-state index in [1.54, 1.807) is 7.11 Å². The van der Waals surface area contributed by atoms with Crippen LogP contribution in [0.3, 0.4) is 0 Å². The molecule has 0 spiro atoms.